The van der Waals surface area contributed by atoms with Crippen LogP contribution in [0.1, 0.15) is 11.1 Å². The van der Waals surface area contributed by atoms with Gasteiger partial charge in [-0.2, -0.15) is 0 Å². The molecule has 6 nitrogen and oxygen atoms in total. The van der Waals surface area contributed by atoms with E-state index in [1.54, 1.807) is 48.5 Å². The van der Waals surface area contributed by atoms with E-state index in [0.717, 1.165) is 11.1 Å². The molecule has 2 aromatic rings. The second-order valence-electron chi connectivity index (χ2n) is 5.80. The molecule has 132 valence electrons. The van der Waals surface area contributed by atoms with Gasteiger partial charge in [0.25, 0.3) is 0 Å². The molecular weight excluding hydrogens is 332 g/mol. The van der Waals surface area contributed by atoms with Crippen LogP contribution in [0.15, 0.2) is 72.1 Å². The van der Waals surface area contributed by atoms with Crippen molar-refractivity contribution in [1.29, 1.82) is 0 Å². The van der Waals surface area contributed by atoms with Gasteiger partial charge < -0.3 is 20.8 Å². The molecule has 0 atom stereocenters. The number of benzene rings is 2. The summed E-state index contributed by atoms with van der Waals surface area (Å²) >= 11 is 0. The fourth-order valence-electron chi connectivity index (χ4n) is 2.45. The molecule has 4 N–H and O–H groups in total. The summed E-state index contributed by atoms with van der Waals surface area (Å²) in [6, 6.07) is 13.8. The lowest BCUT2D eigenvalue weighted by Gasteiger charge is -2.16. The maximum atomic E-state index is 12.3. The van der Waals surface area contributed by atoms with Crippen molar-refractivity contribution in [2.75, 3.05) is 10.6 Å². The van der Waals surface area contributed by atoms with E-state index in [1.807, 2.05) is 0 Å². The summed E-state index contributed by atoms with van der Waals surface area (Å²) in [6.07, 6.45) is 2.51. The number of carbonyl (C=O) groups is 2. The third-order valence-electron chi connectivity index (χ3n) is 3.91. The largest absolute Gasteiger partial charge is 0.392 e. The van der Waals surface area contributed by atoms with Crippen molar-refractivity contribution in [1.82, 2.24) is 0 Å². The molecule has 0 radical (unpaired) electrons. The van der Waals surface area contributed by atoms with Gasteiger partial charge in [0.2, 0.25) is 11.6 Å². The molecule has 0 heterocycles. The Balaban J connectivity index is 1.70. The molecule has 0 saturated heterocycles. The van der Waals surface area contributed by atoms with Crippen molar-refractivity contribution >= 4 is 22.9 Å². The molecule has 0 fully saturated rings. The first-order chi connectivity index (χ1) is 12.6. The van der Waals surface area contributed by atoms with Crippen molar-refractivity contribution in [2.24, 2.45) is 0 Å². The van der Waals surface area contributed by atoms with E-state index in [0.29, 0.717) is 11.4 Å². The number of anilines is 2. The van der Waals surface area contributed by atoms with Gasteiger partial charge in [0.15, 0.2) is 0 Å². The fourth-order valence-corrected chi connectivity index (χ4v) is 2.45. The zero-order chi connectivity index (χ0) is 18.5. The fraction of sp³-hybridized carbons (Fsp3) is 0.100. The summed E-state index contributed by atoms with van der Waals surface area (Å²) in [6.45, 7) is -0.116. The van der Waals surface area contributed by atoms with E-state index < -0.39 is 0 Å². The Morgan fingerprint density at radius 1 is 0.615 bits per heavy atom. The minimum Gasteiger partial charge on any atom is -0.392 e. The highest BCUT2D eigenvalue weighted by Gasteiger charge is 2.20. The topological polar surface area (TPSA) is 98.7 Å². The second-order valence-corrected chi connectivity index (χ2v) is 5.80. The molecule has 1 aliphatic rings. The first kappa shape index (κ1) is 17.6. The summed E-state index contributed by atoms with van der Waals surface area (Å²) in [5.74, 6) is -0.629. The number of carbonyl (C=O) groups excluding carboxylic acids is 2. The number of ketones is 2. The van der Waals surface area contributed by atoms with Crippen molar-refractivity contribution in [3.63, 3.8) is 0 Å². The predicted octanol–water partition coefficient (Wildman–Crippen LogP) is 2.11. The number of nitrogens with one attached hydrogen (secondary N) is 2. The van der Waals surface area contributed by atoms with E-state index in [4.69, 9.17) is 10.2 Å². The van der Waals surface area contributed by atoms with Crippen LogP contribution < -0.4 is 10.6 Å². The zero-order valence-corrected chi connectivity index (χ0v) is 13.9. The van der Waals surface area contributed by atoms with E-state index >= 15 is 0 Å². The van der Waals surface area contributed by atoms with Crippen LogP contribution in [0.2, 0.25) is 0 Å². The Kier molecular flexibility index (Phi) is 5.26. The Morgan fingerprint density at radius 3 is 1.27 bits per heavy atom. The first-order valence-corrected chi connectivity index (χ1v) is 8.05. The number of allylic oxidation sites excluding steroid dienone is 2. The van der Waals surface area contributed by atoms with Gasteiger partial charge in [0, 0.05) is 23.5 Å². The van der Waals surface area contributed by atoms with Crippen LogP contribution in [-0.4, -0.2) is 21.8 Å². The number of rotatable bonds is 6. The Hall–Kier alpha value is -3.22. The van der Waals surface area contributed by atoms with Gasteiger partial charge in [-0.1, -0.05) is 24.3 Å². The molecular formula is C20H18N2O4. The average molecular weight is 350 g/mol. The number of hydrogen-bond acceptors (Lipinski definition) is 6. The summed E-state index contributed by atoms with van der Waals surface area (Å²) in [7, 11) is 0. The van der Waals surface area contributed by atoms with Crippen LogP contribution in [0.5, 0.6) is 0 Å². The van der Waals surface area contributed by atoms with Gasteiger partial charge in [-0.05, 0) is 35.4 Å². The number of aliphatic hydroxyl groups excluding tert-OH is 2. The molecule has 26 heavy (non-hydrogen) atoms. The quantitative estimate of drug-likeness (QED) is 0.596. The second kappa shape index (κ2) is 7.77. The monoisotopic (exact) mass is 350 g/mol. The highest BCUT2D eigenvalue weighted by Crippen LogP contribution is 2.19. The van der Waals surface area contributed by atoms with E-state index in [2.05, 4.69) is 10.6 Å². The first-order valence-electron chi connectivity index (χ1n) is 8.05. The summed E-state index contributed by atoms with van der Waals surface area (Å²) in [5, 5.41) is 23.9. The van der Waals surface area contributed by atoms with E-state index in [9.17, 15) is 9.59 Å². The average Bonchev–Trinajstić information content (AvgIpc) is 2.67. The minimum absolute atomic E-state index is 0.0581. The van der Waals surface area contributed by atoms with Crippen molar-refractivity contribution in [2.45, 2.75) is 13.2 Å². The van der Waals surface area contributed by atoms with Gasteiger partial charge >= 0.3 is 0 Å². The summed E-state index contributed by atoms with van der Waals surface area (Å²) in [5.41, 5.74) is 3.20. The van der Waals surface area contributed by atoms with Gasteiger partial charge in [-0.25, -0.2) is 0 Å². The van der Waals surface area contributed by atoms with Gasteiger partial charge in [0.05, 0.1) is 24.6 Å². The molecule has 6 heteroatoms. The standard InChI is InChI=1S/C20H18N2O4/c23-11-13-1-5-15(6-2-13)21-17-9-20(26)18(10-19(17)25)22-16-7-3-14(12-24)4-8-16/h1-10,21-24H,11-12H2. The lowest BCUT2D eigenvalue weighted by Crippen LogP contribution is -2.21. The third kappa shape index (κ3) is 4.05. The molecule has 3 rings (SSSR count). The minimum atomic E-state index is -0.315. The Labute approximate surface area is 150 Å². The van der Waals surface area contributed by atoms with Crippen molar-refractivity contribution in [3.8, 4) is 0 Å². The SMILES string of the molecule is O=C1C=C(Nc2ccc(CO)cc2)C(=O)C=C1Nc1ccc(CO)cc1. The molecule has 0 aromatic heterocycles. The van der Waals surface area contributed by atoms with Gasteiger partial charge in [-0.15, -0.1) is 0 Å². The van der Waals surface area contributed by atoms with E-state index in [1.165, 1.54) is 12.2 Å². The molecule has 0 saturated carbocycles. The maximum absolute atomic E-state index is 12.3. The molecule has 1 aliphatic carbocycles. The molecule has 0 bridgehead atoms. The summed E-state index contributed by atoms with van der Waals surface area (Å²) in [4.78, 5) is 24.6. The van der Waals surface area contributed by atoms with Gasteiger partial charge in [0.1, 0.15) is 0 Å². The highest BCUT2D eigenvalue weighted by molar-refractivity contribution is 6.21. The van der Waals surface area contributed by atoms with Crippen molar-refractivity contribution < 1.29 is 19.8 Å². The number of hydrogen-bond donors (Lipinski definition) is 4. The van der Waals surface area contributed by atoms with Crippen LogP contribution in [0.3, 0.4) is 0 Å². The Morgan fingerprint density at radius 2 is 0.962 bits per heavy atom. The number of aliphatic hydroxyl groups is 2. The third-order valence-corrected chi connectivity index (χ3v) is 3.91. The molecule has 2 aromatic carbocycles. The van der Waals surface area contributed by atoms with Crippen LogP contribution in [-0.2, 0) is 22.8 Å². The Bertz CT molecular complexity index is 806. The molecule has 0 spiro atoms. The lowest BCUT2D eigenvalue weighted by molar-refractivity contribution is -0.115. The van der Waals surface area contributed by atoms with Crippen molar-refractivity contribution in [3.05, 3.63) is 83.2 Å². The van der Waals surface area contributed by atoms with Crippen LogP contribution in [0.4, 0.5) is 11.4 Å². The molecule has 0 aliphatic heterocycles. The van der Waals surface area contributed by atoms with Crippen LogP contribution in [0, 0.1) is 0 Å². The van der Waals surface area contributed by atoms with Crippen LogP contribution >= 0.6 is 0 Å². The smallest absolute Gasteiger partial charge is 0.204 e. The summed E-state index contributed by atoms with van der Waals surface area (Å²) < 4.78 is 0. The molecule has 0 amide bonds. The van der Waals surface area contributed by atoms with Gasteiger partial charge in [-0.3, -0.25) is 9.59 Å². The van der Waals surface area contributed by atoms with E-state index in [-0.39, 0.29) is 36.2 Å². The lowest BCUT2D eigenvalue weighted by atomic mass is 10.1. The zero-order valence-electron chi connectivity index (χ0n) is 13.9. The van der Waals surface area contributed by atoms with Crippen LogP contribution in [0.25, 0.3) is 0 Å². The predicted molar refractivity (Wildman–Crippen MR) is 98.2 cm³/mol. The normalized spacial score (nSPS) is 13.9. The highest BCUT2D eigenvalue weighted by atomic mass is 16.3. The maximum Gasteiger partial charge on any atom is 0.204 e. The molecule has 0 unspecified atom stereocenters.